The third-order valence-corrected chi connectivity index (χ3v) is 4.30. The van der Waals surface area contributed by atoms with Gasteiger partial charge in [0.15, 0.2) is 0 Å². The van der Waals surface area contributed by atoms with Crippen molar-refractivity contribution in [3.8, 4) is 16.9 Å². The number of rotatable bonds is 5. The van der Waals surface area contributed by atoms with Crippen molar-refractivity contribution < 1.29 is 19.4 Å². The fraction of sp³-hybridized carbons (Fsp3) is 0.0500. The first-order valence-electron chi connectivity index (χ1n) is 8.13. The van der Waals surface area contributed by atoms with E-state index in [-0.39, 0.29) is 11.5 Å². The maximum Gasteiger partial charge on any atom is 0.409 e. The Labute approximate surface area is 165 Å². The average Bonchev–Trinajstić information content (AvgIpc) is 2.67. The van der Waals surface area contributed by atoms with Crippen LogP contribution in [-0.4, -0.2) is 29.1 Å². The third-order valence-electron chi connectivity index (χ3n) is 4.01. The number of anilines is 2. The molecule has 0 fully saturated rings. The van der Waals surface area contributed by atoms with E-state index in [1.807, 2.05) is 6.07 Å². The summed E-state index contributed by atoms with van der Waals surface area (Å²) in [5.41, 5.74) is 8.80. The highest BCUT2D eigenvalue weighted by Gasteiger charge is 2.15. The van der Waals surface area contributed by atoms with Crippen LogP contribution in [0.15, 0.2) is 54.7 Å². The van der Waals surface area contributed by atoms with E-state index in [0.29, 0.717) is 38.8 Å². The zero-order valence-corrected chi connectivity index (χ0v) is 15.5. The van der Waals surface area contributed by atoms with Gasteiger partial charge in [-0.3, -0.25) is 15.1 Å². The first-order valence-corrected chi connectivity index (χ1v) is 8.51. The van der Waals surface area contributed by atoms with Gasteiger partial charge in [0.1, 0.15) is 16.5 Å². The van der Waals surface area contributed by atoms with E-state index in [1.165, 1.54) is 25.4 Å². The summed E-state index contributed by atoms with van der Waals surface area (Å²) in [4.78, 5) is 27.6. The van der Waals surface area contributed by atoms with Crippen LogP contribution in [0.3, 0.4) is 0 Å². The molecule has 1 amide bonds. The summed E-state index contributed by atoms with van der Waals surface area (Å²) >= 11 is 5.96. The number of ketones is 1. The number of pyridine rings is 1. The number of hydrogen-bond acceptors (Lipinski definition) is 5. The summed E-state index contributed by atoms with van der Waals surface area (Å²) in [5.74, 6) is 0.0708. The minimum Gasteiger partial charge on any atom is -0.495 e. The normalized spacial score (nSPS) is 10.4. The lowest BCUT2D eigenvalue weighted by Gasteiger charge is -2.10. The molecule has 0 spiro atoms. The summed E-state index contributed by atoms with van der Waals surface area (Å²) in [7, 11) is 1.46. The van der Waals surface area contributed by atoms with Gasteiger partial charge in [-0.15, -0.1) is 0 Å². The molecule has 3 rings (SSSR count). The SMILES string of the molecule is COc1cc(C(=O)c2cccc(-c3ccc(NC(=O)O)cc3N)c2)ncc1Cl. The summed E-state index contributed by atoms with van der Waals surface area (Å²) in [5, 5.41) is 11.3. The van der Waals surface area contributed by atoms with Crippen LogP contribution < -0.4 is 15.8 Å². The van der Waals surface area contributed by atoms with E-state index in [4.69, 9.17) is 27.2 Å². The lowest BCUT2D eigenvalue weighted by molar-refractivity contribution is 0.103. The Hall–Kier alpha value is -3.58. The van der Waals surface area contributed by atoms with E-state index in [0.717, 1.165) is 0 Å². The number of halogens is 1. The number of amides is 1. The molecular formula is C20H16ClN3O4. The van der Waals surface area contributed by atoms with E-state index >= 15 is 0 Å². The molecule has 0 radical (unpaired) electrons. The number of methoxy groups -OCH3 is 1. The van der Waals surface area contributed by atoms with Crippen LogP contribution >= 0.6 is 11.6 Å². The van der Waals surface area contributed by atoms with Gasteiger partial charge in [-0.1, -0.05) is 35.9 Å². The smallest absolute Gasteiger partial charge is 0.409 e. The van der Waals surface area contributed by atoms with Crippen molar-refractivity contribution >= 4 is 34.9 Å². The number of benzene rings is 2. The lowest BCUT2D eigenvalue weighted by atomic mass is 9.98. The first-order chi connectivity index (χ1) is 13.4. The Morgan fingerprint density at radius 2 is 1.96 bits per heavy atom. The molecule has 1 aromatic heterocycles. The monoisotopic (exact) mass is 397 g/mol. The molecule has 0 bridgehead atoms. The minimum atomic E-state index is -1.18. The fourth-order valence-electron chi connectivity index (χ4n) is 2.70. The number of nitrogens with two attached hydrogens (primary N) is 1. The molecule has 28 heavy (non-hydrogen) atoms. The molecule has 0 saturated heterocycles. The Morgan fingerprint density at radius 1 is 1.18 bits per heavy atom. The second-order valence-electron chi connectivity index (χ2n) is 5.85. The Morgan fingerprint density at radius 3 is 2.64 bits per heavy atom. The average molecular weight is 398 g/mol. The summed E-state index contributed by atoms with van der Waals surface area (Å²) in [6, 6.07) is 13.2. The van der Waals surface area contributed by atoms with E-state index in [2.05, 4.69) is 10.3 Å². The molecule has 7 nitrogen and oxygen atoms in total. The van der Waals surface area contributed by atoms with Gasteiger partial charge >= 0.3 is 6.09 Å². The van der Waals surface area contributed by atoms with Gasteiger partial charge in [-0.2, -0.15) is 0 Å². The van der Waals surface area contributed by atoms with Gasteiger partial charge < -0.3 is 15.6 Å². The van der Waals surface area contributed by atoms with Crippen molar-refractivity contribution in [2.45, 2.75) is 0 Å². The molecule has 0 aliphatic carbocycles. The molecule has 2 aromatic carbocycles. The number of carboxylic acid groups (broad SMARTS) is 1. The molecule has 4 N–H and O–H groups in total. The third kappa shape index (κ3) is 4.05. The Bertz CT molecular complexity index is 1070. The van der Waals surface area contributed by atoms with Crippen molar-refractivity contribution in [1.82, 2.24) is 4.98 Å². The number of nitrogens with one attached hydrogen (secondary N) is 1. The number of nitrogens with zero attached hydrogens (tertiary/aromatic N) is 1. The fourth-order valence-corrected chi connectivity index (χ4v) is 2.88. The van der Waals surface area contributed by atoms with Crippen LogP contribution in [0.2, 0.25) is 5.02 Å². The maximum absolute atomic E-state index is 12.8. The minimum absolute atomic E-state index is 0.201. The topological polar surface area (TPSA) is 115 Å². The van der Waals surface area contributed by atoms with Crippen molar-refractivity contribution in [2.75, 3.05) is 18.2 Å². The number of ether oxygens (including phenoxy) is 1. The zero-order chi connectivity index (χ0) is 20.3. The van der Waals surface area contributed by atoms with Crippen molar-refractivity contribution in [3.63, 3.8) is 0 Å². The van der Waals surface area contributed by atoms with Crippen molar-refractivity contribution in [1.29, 1.82) is 0 Å². The molecule has 0 unspecified atom stereocenters. The molecule has 3 aromatic rings. The van der Waals surface area contributed by atoms with Gasteiger partial charge in [-0.25, -0.2) is 4.79 Å². The van der Waals surface area contributed by atoms with Crippen molar-refractivity contribution in [2.24, 2.45) is 0 Å². The van der Waals surface area contributed by atoms with Gasteiger partial charge in [0.2, 0.25) is 5.78 Å². The van der Waals surface area contributed by atoms with Crippen LogP contribution in [-0.2, 0) is 0 Å². The van der Waals surface area contributed by atoms with Crippen LogP contribution in [0.5, 0.6) is 5.75 Å². The molecule has 142 valence electrons. The lowest BCUT2D eigenvalue weighted by Crippen LogP contribution is -2.07. The molecule has 0 aliphatic heterocycles. The largest absolute Gasteiger partial charge is 0.495 e. The van der Waals surface area contributed by atoms with Gasteiger partial charge in [0, 0.05) is 28.6 Å². The number of hydrogen-bond donors (Lipinski definition) is 3. The number of aromatic nitrogens is 1. The second-order valence-corrected chi connectivity index (χ2v) is 6.25. The highest BCUT2D eigenvalue weighted by Crippen LogP contribution is 2.30. The predicted octanol–water partition coefficient (Wildman–Crippen LogP) is 4.31. The van der Waals surface area contributed by atoms with Gasteiger partial charge in [-0.05, 0) is 23.8 Å². The predicted molar refractivity (Wildman–Crippen MR) is 107 cm³/mol. The Kier molecular flexibility index (Phi) is 5.47. The van der Waals surface area contributed by atoms with Gasteiger partial charge in [0.25, 0.3) is 0 Å². The van der Waals surface area contributed by atoms with E-state index in [1.54, 1.807) is 30.3 Å². The number of nitrogen functional groups attached to an aromatic ring is 1. The van der Waals surface area contributed by atoms with Crippen LogP contribution in [0.4, 0.5) is 16.2 Å². The van der Waals surface area contributed by atoms with Crippen LogP contribution in [0, 0.1) is 0 Å². The molecule has 0 atom stereocenters. The molecule has 1 heterocycles. The van der Waals surface area contributed by atoms with E-state index in [9.17, 15) is 9.59 Å². The number of carbonyl (C=O) groups excluding carboxylic acids is 1. The maximum atomic E-state index is 12.8. The van der Waals surface area contributed by atoms with Crippen LogP contribution in [0.25, 0.3) is 11.1 Å². The second kappa shape index (κ2) is 7.98. The standard InChI is InChI=1S/C20H16ClN3O4/c1-28-18-9-17(23-10-15(18)21)19(25)12-4-2-3-11(7-12)14-6-5-13(8-16(14)22)24-20(26)27/h2-10,24H,22H2,1H3,(H,26,27). The molecule has 0 aliphatic rings. The van der Waals surface area contributed by atoms with Crippen molar-refractivity contribution in [3.05, 3.63) is 71.0 Å². The summed E-state index contributed by atoms with van der Waals surface area (Å²) in [6.45, 7) is 0. The summed E-state index contributed by atoms with van der Waals surface area (Å²) in [6.07, 6.45) is 0.189. The zero-order valence-electron chi connectivity index (χ0n) is 14.8. The molecule has 0 saturated carbocycles. The molecular weight excluding hydrogens is 382 g/mol. The first kappa shape index (κ1) is 19.2. The van der Waals surface area contributed by atoms with Gasteiger partial charge in [0.05, 0.1) is 13.3 Å². The highest BCUT2D eigenvalue weighted by atomic mass is 35.5. The quantitative estimate of drug-likeness (QED) is 0.436. The summed E-state index contributed by atoms with van der Waals surface area (Å²) < 4.78 is 5.13. The van der Waals surface area contributed by atoms with Crippen LogP contribution in [0.1, 0.15) is 16.1 Å². The number of carbonyl (C=O) groups is 2. The Balaban J connectivity index is 1.94. The highest BCUT2D eigenvalue weighted by molar-refractivity contribution is 6.32. The van der Waals surface area contributed by atoms with E-state index < -0.39 is 6.09 Å². The molecule has 8 heteroatoms.